The van der Waals surface area contributed by atoms with Gasteiger partial charge >= 0.3 is 0 Å². The van der Waals surface area contributed by atoms with Crippen molar-refractivity contribution in [3.8, 4) is 11.8 Å². The van der Waals surface area contributed by atoms with Crippen molar-refractivity contribution < 1.29 is 4.79 Å². The second-order valence-corrected chi connectivity index (χ2v) is 6.61. The lowest BCUT2D eigenvalue weighted by Gasteiger charge is -2.12. The molecule has 1 amide bonds. The number of aryl methyl sites for hydroxylation is 1. The SMILES string of the molecule is C=CC(=O)N1CCC(/C=N/c2ncnc3[nH]c(C#Cc4cnn(C)c4)cc23)C1. The van der Waals surface area contributed by atoms with Crippen LogP contribution in [0.15, 0.2) is 42.4 Å². The van der Waals surface area contributed by atoms with E-state index in [1.165, 1.54) is 12.4 Å². The Morgan fingerprint density at radius 2 is 2.32 bits per heavy atom. The monoisotopic (exact) mass is 373 g/mol. The standard InChI is InChI=1S/C20H19N7O/c1-3-18(28)27-7-6-15(12-27)9-21-19-17-8-16(25-20(17)23-13-22-19)5-4-14-10-24-26(2)11-14/h3,8-11,13,15H,1,6-7,12H2,2H3,(H,22,23,25)/b21-9+. The quantitative estimate of drug-likeness (QED) is 0.431. The highest BCUT2D eigenvalue weighted by molar-refractivity contribution is 5.89. The Kier molecular flexibility index (Phi) is 4.72. The lowest BCUT2D eigenvalue weighted by molar-refractivity contribution is -0.125. The van der Waals surface area contributed by atoms with Crippen molar-refractivity contribution in [3.63, 3.8) is 0 Å². The molecule has 0 saturated carbocycles. The van der Waals surface area contributed by atoms with Gasteiger partial charge in [0.15, 0.2) is 5.82 Å². The highest BCUT2D eigenvalue weighted by atomic mass is 16.2. The maximum Gasteiger partial charge on any atom is 0.245 e. The molecule has 28 heavy (non-hydrogen) atoms. The van der Waals surface area contributed by atoms with Crippen LogP contribution in [0, 0.1) is 17.8 Å². The van der Waals surface area contributed by atoms with Crippen molar-refractivity contribution in [2.75, 3.05) is 13.1 Å². The average Bonchev–Trinajstić information content (AvgIpc) is 3.43. The Hall–Kier alpha value is -3.73. The van der Waals surface area contributed by atoms with Gasteiger partial charge in [0.2, 0.25) is 5.91 Å². The molecule has 4 heterocycles. The number of aromatic amines is 1. The van der Waals surface area contributed by atoms with E-state index in [-0.39, 0.29) is 11.8 Å². The molecule has 1 saturated heterocycles. The van der Waals surface area contributed by atoms with Gasteiger partial charge in [0.05, 0.1) is 22.8 Å². The summed E-state index contributed by atoms with van der Waals surface area (Å²) in [5.74, 6) is 6.90. The van der Waals surface area contributed by atoms with Gasteiger partial charge in [0, 0.05) is 38.5 Å². The van der Waals surface area contributed by atoms with Crippen LogP contribution in [0.5, 0.6) is 0 Å². The van der Waals surface area contributed by atoms with Crippen LogP contribution in [0.25, 0.3) is 11.0 Å². The number of amides is 1. The van der Waals surface area contributed by atoms with Crippen LogP contribution in [0.1, 0.15) is 17.7 Å². The molecule has 1 N–H and O–H groups in total. The molecule has 1 aliphatic rings. The zero-order valence-electron chi connectivity index (χ0n) is 15.5. The number of H-pyrrole nitrogens is 1. The van der Waals surface area contributed by atoms with E-state index in [0.29, 0.717) is 18.0 Å². The van der Waals surface area contributed by atoms with E-state index in [4.69, 9.17) is 0 Å². The lowest BCUT2D eigenvalue weighted by Crippen LogP contribution is -2.26. The van der Waals surface area contributed by atoms with Crippen molar-refractivity contribution in [2.24, 2.45) is 18.0 Å². The maximum absolute atomic E-state index is 11.7. The summed E-state index contributed by atoms with van der Waals surface area (Å²) in [5, 5.41) is 4.91. The van der Waals surface area contributed by atoms with Gasteiger partial charge in [-0.05, 0) is 24.5 Å². The molecule has 8 nitrogen and oxygen atoms in total. The fourth-order valence-corrected chi connectivity index (χ4v) is 3.14. The summed E-state index contributed by atoms with van der Waals surface area (Å²) in [6.07, 6.45) is 9.14. The number of aromatic nitrogens is 5. The summed E-state index contributed by atoms with van der Waals surface area (Å²) in [6, 6.07) is 1.90. The first-order valence-corrected chi connectivity index (χ1v) is 8.92. The molecule has 1 unspecified atom stereocenters. The number of nitrogens with zero attached hydrogens (tertiary/aromatic N) is 6. The van der Waals surface area contributed by atoms with E-state index >= 15 is 0 Å². The summed E-state index contributed by atoms with van der Waals surface area (Å²) >= 11 is 0. The third kappa shape index (κ3) is 3.69. The minimum Gasteiger partial charge on any atom is -0.339 e. The van der Waals surface area contributed by atoms with Crippen molar-refractivity contribution in [3.05, 3.63) is 48.7 Å². The molecule has 8 heteroatoms. The summed E-state index contributed by atoms with van der Waals surface area (Å²) in [7, 11) is 1.85. The summed E-state index contributed by atoms with van der Waals surface area (Å²) in [6.45, 7) is 4.91. The van der Waals surface area contributed by atoms with Crippen molar-refractivity contribution in [1.29, 1.82) is 0 Å². The second kappa shape index (κ2) is 7.48. The largest absolute Gasteiger partial charge is 0.339 e. The molecule has 3 aromatic rings. The zero-order chi connectivity index (χ0) is 19.5. The topological polar surface area (TPSA) is 92.1 Å². The van der Waals surface area contributed by atoms with Gasteiger partial charge in [-0.3, -0.25) is 9.48 Å². The molecule has 0 bridgehead atoms. The van der Waals surface area contributed by atoms with E-state index in [9.17, 15) is 4.79 Å². The van der Waals surface area contributed by atoms with E-state index < -0.39 is 0 Å². The van der Waals surface area contributed by atoms with Gasteiger partial charge in [-0.25, -0.2) is 15.0 Å². The highest BCUT2D eigenvalue weighted by Crippen LogP contribution is 2.23. The number of nitrogens with one attached hydrogen (secondary N) is 1. The molecule has 0 aliphatic carbocycles. The Balaban J connectivity index is 1.54. The first-order chi connectivity index (χ1) is 13.6. The number of carbonyl (C=O) groups is 1. The number of rotatable bonds is 3. The molecule has 0 aromatic carbocycles. The number of hydrogen-bond acceptors (Lipinski definition) is 5. The molecule has 1 fully saturated rings. The maximum atomic E-state index is 11.7. The molecule has 4 rings (SSSR count). The van der Waals surface area contributed by atoms with E-state index in [1.54, 1.807) is 15.8 Å². The molecular formula is C20H19N7O. The minimum absolute atomic E-state index is 0.0391. The number of fused-ring (bicyclic) bond motifs is 1. The molecule has 140 valence electrons. The second-order valence-electron chi connectivity index (χ2n) is 6.61. The number of aliphatic imine (C=N–C) groups is 1. The Morgan fingerprint density at radius 1 is 1.43 bits per heavy atom. The third-order valence-electron chi connectivity index (χ3n) is 4.57. The van der Waals surface area contributed by atoms with E-state index in [2.05, 4.69) is 43.5 Å². The molecule has 0 spiro atoms. The van der Waals surface area contributed by atoms with Gasteiger partial charge < -0.3 is 9.88 Å². The average molecular weight is 373 g/mol. The molecule has 1 aliphatic heterocycles. The van der Waals surface area contributed by atoms with Crippen LogP contribution < -0.4 is 0 Å². The Morgan fingerprint density at radius 3 is 3.11 bits per heavy atom. The smallest absolute Gasteiger partial charge is 0.245 e. The van der Waals surface area contributed by atoms with Gasteiger partial charge in [-0.2, -0.15) is 5.10 Å². The van der Waals surface area contributed by atoms with Crippen molar-refractivity contribution in [2.45, 2.75) is 6.42 Å². The van der Waals surface area contributed by atoms with Crippen LogP contribution in [0.2, 0.25) is 0 Å². The molecule has 0 radical (unpaired) electrons. The van der Waals surface area contributed by atoms with E-state index in [0.717, 1.165) is 29.6 Å². The summed E-state index contributed by atoms with van der Waals surface area (Å²) in [5.41, 5.74) is 2.26. The predicted molar refractivity (Wildman–Crippen MR) is 106 cm³/mol. The van der Waals surface area contributed by atoms with Crippen LogP contribution in [0.4, 0.5) is 5.82 Å². The summed E-state index contributed by atoms with van der Waals surface area (Å²) in [4.78, 5) is 29.8. The number of hydrogen-bond donors (Lipinski definition) is 1. The normalized spacial score (nSPS) is 16.5. The van der Waals surface area contributed by atoms with Gasteiger partial charge in [-0.15, -0.1) is 0 Å². The van der Waals surface area contributed by atoms with Crippen LogP contribution in [-0.2, 0) is 11.8 Å². The Labute approximate surface area is 162 Å². The number of carbonyl (C=O) groups excluding carboxylic acids is 1. The van der Waals surface area contributed by atoms with Crippen molar-refractivity contribution in [1.82, 2.24) is 29.6 Å². The third-order valence-corrected chi connectivity index (χ3v) is 4.57. The lowest BCUT2D eigenvalue weighted by atomic mass is 10.1. The van der Waals surface area contributed by atoms with Crippen LogP contribution in [-0.4, -0.2) is 54.8 Å². The van der Waals surface area contributed by atoms with Crippen LogP contribution in [0.3, 0.4) is 0 Å². The van der Waals surface area contributed by atoms with Gasteiger partial charge in [-0.1, -0.05) is 12.5 Å². The number of likely N-dealkylation sites (tertiary alicyclic amines) is 1. The van der Waals surface area contributed by atoms with Gasteiger partial charge in [0.1, 0.15) is 12.0 Å². The fraction of sp³-hybridized carbons (Fsp3) is 0.250. The first kappa shape index (κ1) is 17.7. The predicted octanol–water partition coefficient (Wildman–Crippen LogP) is 1.83. The Bertz CT molecular complexity index is 1130. The first-order valence-electron chi connectivity index (χ1n) is 8.92. The highest BCUT2D eigenvalue weighted by Gasteiger charge is 2.23. The van der Waals surface area contributed by atoms with Crippen LogP contribution >= 0.6 is 0 Å². The van der Waals surface area contributed by atoms with Gasteiger partial charge in [0.25, 0.3) is 0 Å². The summed E-state index contributed by atoms with van der Waals surface area (Å²) < 4.78 is 1.71. The van der Waals surface area contributed by atoms with E-state index in [1.807, 2.05) is 25.5 Å². The molecule has 1 atom stereocenters. The minimum atomic E-state index is -0.0391. The molecule has 3 aromatic heterocycles. The fourth-order valence-electron chi connectivity index (χ4n) is 3.14. The zero-order valence-corrected chi connectivity index (χ0v) is 15.5. The van der Waals surface area contributed by atoms with Crippen molar-refractivity contribution >= 4 is 29.0 Å². The molecular weight excluding hydrogens is 354 g/mol.